The predicted octanol–water partition coefficient (Wildman–Crippen LogP) is 2.61. The number of amides is 1. The number of imidazole rings is 1. The number of benzene rings is 1. The van der Waals surface area contributed by atoms with Crippen molar-refractivity contribution in [3.63, 3.8) is 0 Å². The maximum absolute atomic E-state index is 13.6. The van der Waals surface area contributed by atoms with Crippen LogP contribution in [0.25, 0.3) is 11.0 Å². The molecular formula is C13H16FN3OS. The summed E-state index contributed by atoms with van der Waals surface area (Å²) in [5, 5.41) is 2.81. The van der Waals surface area contributed by atoms with E-state index >= 15 is 0 Å². The molecule has 0 saturated heterocycles. The third-order valence-electron chi connectivity index (χ3n) is 2.77. The van der Waals surface area contributed by atoms with Gasteiger partial charge in [-0.1, -0.05) is 19.9 Å². The van der Waals surface area contributed by atoms with Crippen LogP contribution in [0.2, 0.25) is 0 Å². The number of carbonyl (C=O) groups excluding carboxylic acids is 1. The summed E-state index contributed by atoms with van der Waals surface area (Å²) in [5.74, 6) is -0.114. The van der Waals surface area contributed by atoms with Crippen LogP contribution in [-0.4, -0.2) is 22.0 Å². The van der Waals surface area contributed by atoms with E-state index in [2.05, 4.69) is 10.3 Å². The van der Waals surface area contributed by atoms with Crippen molar-refractivity contribution in [1.29, 1.82) is 0 Å². The Balaban J connectivity index is 2.26. The SMILES string of the molecule is CC(C)CNC(=O)Cn1c(=S)[nH]c2c(F)cccc21. The smallest absolute Gasteiger partial charge is 0.240 e. The fourth-order valence-electron chi connectivity index (χ4n) is 1.82. The van der Waals surface area contributed by atoms with Gasteiger partial charge in [-0.15, -0.1) is 0 Å². The summed E-state index contributed by atoms with van der Waals surface area (Å²) < 4.78 is 15.5. The summed E-state index contributed by atoms with van der Waals surface area (Å²) in [6, 6.07) is 4.69. The minimum Gasteiger partial charge on any atom is -0.354 e. The largest absolute Gasteiger partial charge is 0.354 e. The second-order valence-corrected chi connectivity index (χ2v) is 5.23. The molecule has 1 amide bonds. The quantitative estimate of drug-likeness (QED) is 0.846. The topological polar surface area (TPSA) is 49.8 Å². The van der Waals surface area contributed by atoms with E-state index in [1.807, 2.05) is 13.8 Å². The summed E-state index contributed by atoms with van der Waals surface area (Å²) >= 11 is 5.13. The van der Waals surface area contributed by atoms with Crippen LogP contribution >= 0.6 is 12.2 Å². The van der Waals surface area contributed by atoms with Crippen LogP contribution in [0.4, 0.5) is 4.39 Å². The number of nitrogens with zero attached hydrogens (tertiary/aromatic N) is 1. The lowest BCUT2D eigenvalue weighted by atomic mass is 10.2. The Bertz CT molecular complexity index is 659. The zero-order chi connectivity index (χ0) is 14.0. The number of para-hydroxylation sites is 1. The van der Waals surface area contributed by atoms with E-state index in [1.165, 1.54) is 6.07 Å². The highest BCUT2D eigenvalue weighted by molar-refractivity contribution is 7.71. The number of hydrogen-bond donors (Lipinski definition) is 2. The minimum atomic E-state index is -0.370. The molecule has 1 aromatic heterocycles. The van der Waals surface area contributed by atoms with Crippen LogP contribution < -0.4 is 5.32 Å². The van der Waals surface area contributed by atoms with E-state index in [0.717, 1.165) is 0 Å². The Hall–Kier alpha value is -1.69. The van der Waals surface area contributed by atoms with Crippen LogP contribution in [-0.2, 0) is 11.3 Å². The molecule has 2 N–H and O–H groups in total. The van der Waals surface area contributed by atoms with Gasteiger partial charge < -0.3 is 14.9 Å². The number of carbonyl (C=O) groups is 1. The van der Waals surface area contributed by atoms with Crippen molar-refractivity contribution in [1.82, 2.24) is 14.9 Å². The average molecular weight is 281 g/mol. The summed E-state index contributed by atoms with van der Waals surface area (Å²) in [5.41, 5.74) is 0.939. The van der Waals surface area contributed by atoms with Gasteiger partial charge in [0, 0.05) is 6.54 Å². The van der Waals surface area contributed by atoms with Crippen molar-refractivity contribution < 1.29 is 9.18 Å². The van der Waals surface area contributed by atoms with Crippen LogP contribution in [0.1, 0.15) is 13.8 Å². The number of nitrogens with one attached hydrogen (secondary N) is 2. The second-order valence-electron chi connectivity index (χ2n) is 4.85. The zero-order valence-corrected chi connectivity index (χ0v) is 11.7. The van der Waals surface area contributed by atoms with E-state index in [-0.39, 0.29) is 18.3 Å². The molecule has 102 valence electrons. The molecule has 0 bridgehead atoms. The van der Waals surface area contributed by atoms with Crippen molar-refractivity contribution in [2.75, 3.05) is 6.54 Å². The zero-order valence-electron chi connectivity index (χ0n) is 10.9. The van der Waals surface area contributed by atoms with Crippen LogP contribution in [0.15, 0.2) is 18.2 Å². The fraction of sp³-hybridized carbons (Fsp3) is 0.385. The van der Waals surface area contributed by atoms with Crippen molar-refractivity contribution in [2.24, 2.45) is 5.92 Å². The van der Waals surface area contributed by atoms with Crippen molar-refractivity contribution in [2.45, 2.75) is 20.4 Å². The third kappa shape index (κ3) is 3.01. The highest BCUT2D eigenvalue weighted by Gasteiger charge is 2.11. The van der Waals surface area contributed by atoms with Crippen LogP contribution in [0.5, 0.6) is 0 Å². The van der Waals surface area contributed by atoms with Gasteiger partial charge in [0.05, 0.1) is 5.52 Å². The van der Waals surface area contributed by atoms with Gasteiger partial charge >= 0.3 is 0 Å². The Morgan fingerprint density at radius 2 is 2.26 bits per heavy atom. The first-order chi connectivity index (χ1) is 8.99. The van der Waals surface area contributed by atoms with Gasteiger partial charge in [-0.05, 0) is 30.3 Å². The summed E-state index contributed by atoms with van der Waals surface area (Å²) in [6.07, 6.45) is 0. The maximum Gasteiger partial charge on any atom is 0.240 e. The standard InChI is InChI=1S/C13H16FN3OS/c1-8(2)6-15-11(18)7-17-10-5-3-4-9(14)12(10)16-13(17)19/h3-5,8H,6-7H2,1-2H3,(H,15,18)(H,16,19). The third-order valence-corrected chi connectivity index (χ3v) is 3.09. The van der Waals surface area contributed by atoms with E-state index < -0.39 is 0 Å². The first-order valence-electron chi connectivity index (χ1n) is 6.12. The lowest BCUT2D eigenvalue weighted by Gasteiger charge is -2.08. The molecule has 0 radical (unpaired) electrons. The first-order valence-corrected chi connectivity index (χ1v) is 6.53. The molecule has 0 spiro atoms. The monoisotopic (exact) mass is 281 g/mol. The van der Waals surface area contributed by atoms with Crippen LogP contribution in [0, 0.1) is 16.5 Å². The lowest BCUT2D eigenvalue weighted by Crippen LogP contribution is -2.30. The normalized spacial score (nSPS) is 11.2. The molecule has 0 aliphatic carbocycles. The van der Waals surface area contributed by atoms with Gasteiger partial charge in [0.15, 0.2) is 4.77 Å². The number of H-pyrrole nitrogens is 1. The van der Waals surface area contributed by atoms with Crippen molar-refractivity contribution in [3.05, 3.63) is 28.8 Å². The molecule has 4 nitrogen and oxygen atoms in total. The maximum atomic E-state index is 13.6. The number of fused-ring (bicyclic) bond motifs is 1. The molecule has 0 unspecified atom stereocenters. The van der Waals surface area contributed by atoms with Gasteiger partial charge in [0.1, 0.15) is 17.9 Å². The molecule has 0 fully saturated rings. The second kappa shape index (κ2) is 5.52. The van der Waals surface area contributed by atoms with E-state index in [4.69, 9.17) is 12.2 Å². The average Bonchev–Trinajstić information content (AvgIpc) is 2.66. The summed E-state index contributed by atoms with van der Waals surface area (Å²) in [4.78, 5) is 14.6. The Kier molecular flexibility index (Phi) is 3.99. The van der Waals surface area contributed by atoms with Gasteiger partial charge in [-0.2, -0.15) is 0 Å². The van der Waals surface area contributed by atoms with Gasteiger partial charge in [0.2, 0.25) is 5.91 Å². The minimum absolute atomic E-state index is 0.0923. The number of halogens is 1. The molecule has 1 aromatic carbocycles. The number of hydrogen-bond acceptors (Lipinski definition) is 2. The fourth-order valence-corrected chi connectivity index (χ4v) is 2.08. The molecule has 0 aliphatic heterocycles. The van der Waals surface area contributed by atoms with Crippen molar-refractivity contribution >= 4 is 29.2 Å². The van der Waals surface area contributed by atoms with Gasteiger partial charge in [0.25, 0.3) is 0 Å². The first kappa shape index (κ1) is 13.7. The molecule has 2 rings (SSSR count). The lowest BCUT2D eigenvalue weighted by molar-refractivity contribution is -0.121. The molecule has 19 heavy (non-hydrogen) atoms. The Morgan fingerprint density at radius 3 is 2.95 bits per heavy atom. The van der Waals surface area contributed by atoms with Crippen molar-refractivity contribution in [3.8, 4) is 0 Å². The molecular weight excluding hydrogens is 265 g/mol. The Morgan fingerprint density at radius 1 is 1.53 bits per heavy atom. The highest BCUT2D eigenvalue weighted by Crippen LogP contribution is 2.17. The molecule has 0 saturated carbocycles. The number of rotatable bonds is 4. The highest BCUT2D eigenvalue weighted by atomic mass is 32.1. The Labute approximate surface area is 115 Å². The van der Waals surface area contributed by atoms with E-state index in [9.17, 15) is 9.18 Å². The molecule has 0 aliphatic rings. The number of aromatic amines is 1. The molecule has 6 heteroatoms. The van der Waals surface area contributed by atoms with Gasteiger partial charge in [-0.3, -0.25) is 4.79 Å². The van der Waals surface area contributed by atoms with E-state index in [0.29, 0.717) is 28.3 Å². The predicted molar refractivity (Wildman–Crippen MR) is 74.9 cm³/mol. The summed E-state index contributed by atoms with van der Waals surface area (Å²) in [7, 11) is 0. The molecule has 2 aromatic rings. The van der Waals surface area contributed by atoms with Crippen LogP contribution in [0.3, 0.4) is 0 Å². The molecule has 0 atom stereocenters. The van der Waals surface area contributed by atoms with E-state index in [1.54, 1.807) is 16.7 Å². The van der Waals surface area contributed by atoms with Gasteiger partial charge in [-0.25, -0.2) is 4.39 Å². The molecule has 1 heterocycles. The number of aromatic nitrogens is 2. The summed E-state index contributed by atoms with van der Waals surface area (Å²) in [6.45, 7) is 4.75.